The molecule has 3 N–H and O–H groups in total. The summed E-state index contributed by atoms with van der Waals surface area (Å²) in [6.07, 6.45) is 7.11. The van der Waals surface area contributed by atoms with Gasteiger partial charge in [0.1, 0.15) is 22.7 Å². The summed E-state index contributed by atoms with van der Waals surface area (Å²) in [4.78, 5) is 30.0. The number of phenolic OH excluding ortho intramolecular Hbond substituents is 1. The molecule has 2 aromatic carbocycles. The lowest BCUT2D eigenvalue weighted by Crippen LogP contribution is -2.39. The Balaban J connectivity index is 1.25. The smallest absolute Gasteiger partial charge is 0.240 e. The van der Waals surface area contributed by atoms with Gasteiger partial charge in [-0.15, -0.1) is 0 Å². The molecule has 1 aromatic heterocycles. The highest BCUT2D eigenvalue weighted by molar-refractivity contribution is 6.13. The number of allylic oxidation sites excluding steroid dienone is 4. The van der Waals surface area contributed by atoms with Gasteiger partial charge in [0, 0.05) is 35.5 Å². The predicted molar refractivity (Wildman–Crippen MR) is 131 cm³/mol. The van der Waals surface area contributed by atoms with Crippen LogP contribution in [0.4, 0.5) is 10.1 Å². The molecule has 0 aliphatic heterocycles. The second-order valence-corrected chi connectivity index (χ2v) is 8.77. The third kappa shape index (κ3) is 4.59. The van der Waals surface area contributed by atoms with E-state index in [1.807, 2.05) is 0 Å². The van der Waals surface area contributed by atoms with Crippen molar-refractivity contribution in [2.45, 2.75) is 25.7 Å². The Morgan fingerprint density at radius 1 is 1.00 bits per heavy atom. The van der Waals surface area contributed by atoms with Gasteiger partial charge in [0.2, 0.25) is 11.8 Å². The standard InChI is InChI=1S/C27H24FN3O5/c1-35-24-15-21-20(14-22(24)32)23(10-13-29-21)36-19-8-6-18(7-9-19)31-26(34)27(11-12-27)25(33)30-17-4-2-16(28)3-5-17/h2-6,8,10,13-15,32H,7,9,11-12H2,1H3,(H,30,33)(H,31,34). The molecule has 0 unspecified atom stereocenters. The average molecular weight is 490 g/mol. The van der Waals surface area contributed by atoms with Crippen molar-refractivity contribution in [3.8, 4) is 17.2 Å². The molecule has 2 aliphatic carbocycles. The lowest BCUT2D eigenvalue weighted by Gasteiger charge is -2.20. The van der Waals surface area contributed by atoms with Gasteiger partial charge in [-0.25, -0.2) is 4.39 Å². The maximum Gasteiger partial charge on any atom is 0.240 e. The number of nitrogens with one attached hydrogen (secondary N) is 2. The van der Waals surface area contributed by atoms with Gasteiger partial charge in [-0.1, -0.05) is 0 Å². The summed E-state index contributed by atoms with van der Waals surface area (Å²) in [7, 11) is 1.47. The Hall–Kier alpha value is -4.40. The summed E-state index contributed by atoms with van der Waals surface area (Å²) in [5, 5.41) is 16.4. The fourth-order valence-electron chi connectivity index (χ4n) is 4.07. The van der Waals surface area contributed by atoms with Gasteiger partial charge < -0.3 is 25.2 Å². The van der Waals surface area contributed by atoms with Crippen molar-refractivity contribution in [1.82, 2.24) is 10.3 Å². The summed E-state index contributed by atoms with van der Waals surface area (Å²) in [6.45, 7) is 0. The van der Waals surface area contributed by atoms with E-state index in [0.717, 1.165) is 0 Å². The molecule has 36 heavy (non-hydrogen) atoms. The summed E-state index contributed by atoms with van der Waals surface area (Å²) < 4.78 is 24.3. The van der Waals surface area contributed by atoms with E-state index >= 15 is 0 Å². The first-order chi connectivity index (χ1) is 17.4. The zero-order valence-corrected chi connectivity index (χ0v) is 19.5. The van der Waals surface area contributed by atoms with Crippen molar-refractivity contribution in [2.75, 3.05) is 12.4 Å². The highest BCUT2D eigenvalue weighted by atomic mass is 19.1. The first-order valence-corrected chi connectivity index (χ1v) is 11.5. The van der Waals surface area contributed by atoms with Gasteiger partial charge in [-0.05, 0) is 67.8 Å². The number of benzene rings is 2. The number of carbonyl (C=O) groups excluding carboxylic acids is 2. The maximum absolute atomic E-state index is 13.1. The van der Waals surface area contributed by atoms with Crippen LogP contribution in [0.1, 0.15) is 25.7 Å². The molecule has 0 atom stereocenters. The van der Waals surface area contributed by atoms with Crippen LogP contribution in [0.15, 0.2) is 72.3 Å². The van der Waals surface area contributed by atoms with Crippen LogP contribution in [-0.4, -0.2) is 29.0 Å². The molecule has 2 amide bonds. The summed E-state index contributed by atoms with van der Waals surface area (Å²) in [5.41, 5.74) is 0.637. The van der Waals surface area contributed by atoms with E-state index < -0.39 is 17.1 Å². The Morgan fingerprint density at radius 2 is 1.75 bits per heavy atom. The molecule has 2 aliphatic rings. The number of aromatic hydroxyl groups is 1. The predicted octanol–water partition coefficient (Wildman–Crippen LogP) is 4.56. The van der Waals surface area contributed by atoms with E-state index in [4.69, 9.17) is 9.47 Å². The van der Waals surface area contributed by atoms with Crippen LogP contribution in [-0.2, 0) is 9.59 Å². The van der Waals surface area contributed by atoms with Crippen LogP contribution in [0.2, 0.25) is 0 Å². The minimum atomic E-state index is -1.12. The number of hydrogen-bond donors (Lipinski definition) is 3. The van der Waals surface area contributed by atoms with Crippen molar-refractivity contribution in [2.24, 2.45) is 5.41 Å². The van der Waals surface area contributed by atoms with Crippen LogP contribution in [0.3, 0.4) is 0 Å². The maximum atomic E-state index is 13.1. The van der Waals surface area contributed by atoms with Crippen LogP contribution < -0.4 is 20.1 Å². The molecule has 0 radical (unpaired) electrons. The number of ether oxygens (including phenoxy) is 2. The number of phenols is 1. The van der Waals surface area contributed by atoms with Crippen molar-refractivity contribution < 1.29 is 28.6 Å². The molecule has 8 nitrogen and oxygen atoms in total. The van der Waals surface area contributed by atoms with E-state index in [1.54, 1.807) is 36.5 Å². The number of nitrogens with zero attached hydrogens (tertiary/aromatic N) is 1. The first-order valence-electron chi connectivity index (χ1n) is 11.5. The van der Waals surface area contributed by atoms with Crippen LogP contribution in [0, 0.1) is 11.2 Å². The van der Waals surface area contributed by atoms with Gasteiger partial charge in [0.05, 0.1) is 12.6 Å². The van der Waals surface area contributed by atoms with Crippen molar-refractivity contribution in [3.63, 3.8) is 0 Å². The molecule has 184 valence electrons. The number of aromatic nitrogens is 1. The number of halogens is 1. The highest BCUT2D eigenvalue weighted by Gasteiger charge is 2.56. The van der Waals surface area contributed by atoms with Gasteiger partial charge in [0.15, 0.2) is 11.5 Å². The van der Waals surface area contributed by atoms with Crippen molar-refractivity contribution in [1.29, 1.82) is 0 Å². The number of anilines is 1. The number of rotatable bonds is 7. The number of fused-ring (bicyclic) bond motifs is 1. The summed E-state index contributed by atoms with van der Waals surface area (Å²) in [5.74, 6) is 0.395. The Bertz CT molecular complexity index is 1410. The van der Waals surface area contributed by atoms with E-state index in [-0.39, 0.29) is 11.7 Å². The molecule has 1 fully saturated rings. The first kappa shape index (κ1) is 23.3. The van der Waals surface area contributed by atoms with Crippen LogP contribution in [0.5, 0.6) is 17.2 Å². The Kier molecular flexibility index (Phi) is 6.05. The largest absolute Gasteiger partial charge is 0.504 e. The molecule has 1 saturated carbocycles. The van der Waals surface area contributed by atoms with E-state index in [1.165, 1.54) is 31.4 Å². The number of pyridine rings is 1. The summed E-state index contributed by atoms with van der Waals surface area (Å²) >= 11 is 0. The third-order valence-corrected chi connectivity index (χ3v) is 6.35. The third-order valence-electron chi connectivity index (χ3n) is 6.35. The molecule has 0 saturated heterocycles. The molecule has 0 bridgehead atoms. The lowest BCUT2D eigenvalue weighted by molar-refractivity contribution is -0.133. The zero-order chi connectivity index (χ0) is 25.3. The number of carbonyl (C=O) groups is 2. The molecule has 3 aromatic rings. The van der Waals surface area contributed by atoms with Gasteiger partial charge >= 0.3 is 0 Å². The normalized spacial score (nSPS) is 15.9. The second kappa shape index (κ2) is 9.33. The van der Waals surface area contributed by atoms with E-state index in [9.17, 15) is 19.1 Å². The minimum Gasteiger partial charge on any atom is -0.504 e. The van der Waals surface area contributed by atoms with Gasteiger partial charge in [-0.3, -0.25) is 14.6 Å². The van der Waals surface area contributed by atoms with Gasteiger partial charge in [-0.2, -0.15) is 0 Å². The SMILES string of the molecule is COc1cc2nccc(OC3=CC=C(NC(=O)C4(C(=O)Nc5ccc(F)cc5)CC4)CC3)c2cc1O. The lowest BCUT2D eigenvalue weighted by atomic mass is 10.0. The molecular weight excluding hydrogens is 465 g/mol. The number of hydrogen-bond acceptors (Lipinski definition) is 6. The van der Waals surface area contributed by atoms with Crippen LogP contribution in [0.25, 0.3) is 10.9 Å². The molecule has 1 heterocycles. The van der Waals surface area contributed by atoms with Gasteiger partial charge in [0.25, 0.3) is 0 Å². The summed E-state index contributed by atoms with van der Waals surface area (Å²) in [6, 6.07) is 10.3. The minimum absolute atomic E-state index is 0.0113. The van der Waals surface area contributed by atoms with Crippen LogP contribution >= 0.6 is 0 Å². The fourth-order valence-corrected chi connectivity index (χ4v) is 4.07. The zero-order valence-electron chi connectivity index (χ0n) is 19.5. The molecule has 0 spiro atoms. The highest BCUT2D eigenvalue weighted by Crippen LogP contribution is 2.47. The molecule has 5 rings (SSSR count). The second-order valence-electron chi connectivity index (χ2n) is 8.77. The quantitative estimate of drug-likeness (QED) is 0.420. The monoisotopic (exact) mass is 489 g/mol. The Labute approximate surface area is 206 Å². The Morgan fingerprint density at radius 3 is 2.42 bits per heavy atom. The van der Waals surface area contributed by atoms with Crippen molar-refractivity contribution in [3.05, 3.63) is 78.1 Å². The molecule has 9 heteroatoms. The topological polar surface area (TPSA) is 110 Å². The van der Waals surface area contributed by atoms with E-state index in [0.29, 0.717) is 65.2 Å². The van der Waals surface area contributed by atoms with E-state index in [2.05, 4.69) is 15.6 Å². The molecular formula is C27H24FN3O5. The number of methoxy groups -OCH3 is 1. The van der Waals surface area contributed by atoms with Crippen molar-refractivity contribution >= 4 is 28.4 Å². The average Bonchev–Trinajstić information content (AvgIpc) is 3.69. The fraction of sp³-hybridized carbons (Fsp3) is 0.222. The number of amides is 2.